The maximum atomic E-state index is 10.3. The van der Waals surface area contributed by atoms with Crippen molar-refractivity contribution < 1.29 is 46.5 Å². The van der Waals surface area contributed by atoms with E-state index in [2.05, 4.69) is 0 Å². The van der Waals surface area contributed by atoms with E-state index in [0.29, 0.717) is 19.3 Å². The molecule has 0 aliphatic carbocycles. The van der Waals surface area contributed by atoms with E-state index < -0.39 is 0 Å². The average Bonchev–Trinajstić information content (AvgIpc) is 2.46. The van der Waals surface area contributed by atoms with Crippen molar-refractivity contribution in [3.8, 4) is 0 Å². The molecule has 0 heterocycles. The molecule has 0 saturated carbocycles. The zero-order chi connectivity index (χ0) is 19.7. The zero-order valence-electron chi connectivity index (χ0n) is 15.6. The zero-order valence-corrected chi connectivity index (χ0v) is 16.7. The molecule has 0 amide bonds. The monoisotopic (exact) mass is 398 g/mol. The molecule has 0 rings (SSSR count). The summed E-state index contributed by atoms with van der Waals surface area (Å²) in [7, 11) is 0. The van der Waals surface area contributed by atoms with E-state index in [9.17, 15) is 29.7 Å². The molecule has 144 valence electrons. The molecule has 0 bridgehead atoms. The Morgan fingerprint density at radius 1 is 0.600 bits per heavy atom. The molecule has 0 aromatic carbocycles. The summed E-state index contributed by atoms with van der Waals surface area (Å²) >= 11 is 0. The number of carbonyl (C=O) groups excluding carboxylic acids is 3. The number of hydrogen-bond donors (Lipinski definition) is 0. The number of allylic oxidation sites excluding steroid dienone is 6. The first-order valence-electron chi connectivity index (χ1n) is 7.64. The first-order chi connectivity index (χ1) is 11.0. The van der Waals surface area contributed by atoms with Crippen LogP contribution < -0.4 is 15.3 Å². The number of ketones is 3. The van der Waals surface area contributed by atoms with Crippen LogP contribution in [0.5, 0.6) is 0 Å². The van der Waals surface area contributed by atoms with Crippen LogP contribution in [-0.2, 0) is 31.2 Å². The van der Waals surface area contributed by atoms with Crippen LogP contribution in [0.1, 0.15) is 60.8 Å². The van der Waals surface area contributed by atoms with Gasteiger partial charge in [0.15, 0.2) is 17.3 Å². The standard InChI is InChI=1S/3C6H10O2.Co/c3*1-3-6(8)4-5(2)7;/h3*4,8H,3H2,1-2H3;/q;;;+3/p-3. The SMILES string of the molecule is CCC([O-])=CC(C)=O.CCC([O-])=CC(C)=O.CCC([O-])=CC(C)=O.[Co+3]. The molecule has 0 fully saturated rings. The van der Waals surface area contributed by atoms with Gasteiger partial charge in [-0.3, -0.25) is 14.4 Å². The average molecular weight is 398 g/mol. The quantitative estimate of drug-likeness (QED) is 0.479. The Morgan fingerprint density at radius 3 is 0.800 bits per heavy atom. The van der Waals surface area contributed by atoms with Crippen molar-refractivity contribution >= 4 is 17.3 Å². The van der Waals surface area contributed by atoms with Crippen molar-refractivity contribution in [2.75, 3.05) is 0 Å². The van der Waals surface area contributed by atoms with Gasteiger partial charge in [0.05, 0.1) is 0 Å². The van der Waals surface area contributed by atoms with Gasteiger partial charge in [-0.15, -0.1) is 17.3 Å². The van der Waals surface area contributed by atoms with Gasteiger partial charge in [0, 0.05) is 0 Å². The fourth-order valence-electron chi connectivity index (χ4n) is 0.986. The normalized spacial score (nSPS) is 11.0. The minimum absolute atomic E-state index is 0. The van der Waals surface area contributed by atoms with E-state index in [-0.39, 0.29) is 51.4 Å². The maximum absolute atomic E-state index is 10.3. The second kappa shape index (κ2) is 20.2. The van der Waals surface area contributed by atoms with Crippen LogP contribution in [0.3, 0.4) is 0 Å². The molecule has 0 aliphatic heterocycles. The van der Waals surface area contributed by atoms with Crippen LogP contribution >= 0.6 is 0 Å². The van der Waals surface area contributed by atoms with Crippen LogP contribution in [0.15, 0.2) is 35.5 Å². The number of carbonyl (C=O) groups is 3. The topological polar surface area (TPSA) is 120 Å². The fraction of sp³-hybridized carbons (Fsp3) is 0.500. The third kappa shape index (κ3) is 34.5. The van der Waals surface area contributed by atoms with E-state index >= 15 is 0 Å². The van der Waals surface area contributed by atoms with Gasteiger partial charge in [-0.25, -0.2) is 0 Å². The summed E-state index contributed by atoms with van der Waals surface area (Å²) in [5, 5.41) is 31.0. The summed E-state index contributed by atoms with van der Waals surface area (Å²) in [6.07, 6.45) is 4.58. The van der Waals surface area contributed by atoms with E-state index in [0.717, 1.165) is 18.2 Å². The van der Waals surface area contributed by atoms with Gasteiger partial charge < -0.3 is 15.3 Å². The van der Waals surface area contributed by atoms with Crippen LogP contribution in [0, 0.1) is 0 Å². The Morgan fingerprint density at radius 2 is 0.760 bits per heavy atom. The first kappa shape index (κ1) is 31.0. The summed E-state index contributed by atoms with van der Waals surface area (Å²) in [5.41, 5.74) is 0. The minimum atomic E-state index is -0.170. The van der Waals surface area contributed by atoms with Gasteiger partial charge in [-0.1, -0.05) is 20.8 Å². The molecule has 25 heavy (non-hydrogen) atoms. The van der Waals surface area contributed by atoms with Crippen molar-refractivity contribution in [2.24, 2.45) is 0 Å². The van der Waals surface area contributed by atoms with Gasteiger partial charge in [-0.05, 0) is 58.3 Å². The van der Waals surface area contributed by atoms with Crippen LogP contribution in [0.2, 0.25) is 0 Å². The van der Waals surface area contributed by atoms with Crippen LogP contribution in [0.4, 0.5) is 0 Å². The van der Waals surface area contributed by atoms with E-state index in [1.807, 2.05) is 0 Å². The molecule has 0 aromatic heterocycles. The summed E-state index contributed by atoms with van der Waals surface area (Å²) in [6.45, 7) is 9.28. The van der Waals surface area contributed by atoms with Gasteiger partial charge in [0.25, 0.3) is 0 Å². The summed E-state index contributed by atoms with van der Waals surface area (Å²) in [4.78, 5) is 30.4. The number of hydrogen-bond acceptors (Lipinski definition) is 6. The minimum Gasteiger partial charge on any atom is -0.875 e. The van der Waals surface area contributed by atoms with E-state index in [1.54, 1.807) is 20.8 Å². The van der Waals surface area contributed by atoms with E-state index in [4.69, 9.17) is 0 Å². The molecule has 0 spiro atoms. The predicted molar refractivity (Wildman–Crippen MR) is 87.2 cm³/mol. The molecule has 0 N–H and O–H groups in total. The van der Waals surface area contributed by atoms with Crippen molar-refractivity contribution in [1.82, 2.24) is 0 Å². The molecule has 7 heteroatoms. The van der Waals surface area contributed by atoms with Crippen LogP contribution in [-0.4, -0.2) is 17.3 Å². The van der Waals surface area contributed by atoms with E-state index in [1.165, 1.54) is 20.8 Å². The first-order valence-corrected chi connectivity index (χ1v) is 7.64. The second-order valence-corrected chi connectivity index (χ2v) is 4.72. The van der Waals surface area contributed by atoms with Crippen molar-refractivity contribution in [2.45, 2.75) is 60.8 Å². The van der Waals surface area contributed by atoms with Gasteiger partial charge in [-0.2, -0.15) is 0 Å². The molecule has 0 unspecified atom stereocenters. The summed E-state index contributed by atoms with van der Waals surface area (Å²) in [5.74, 6) is -0.807. The summed E-state index contributed by atoms with van der Waals surface area (Å²) < 4.78 is 0. The smallest absolute Gasteiger partial charge is 0.875 e. The second-order valence-electron chi connectivity index (χ2n) is 4.72. The van der Waals surface area contributed by atoms with Crippen molar-refractivity contribution in [3.05, 3.63) is 35.5 Å². The maximum Gasteiger partial charge on any atom is 3.00 e. The number of rotatable bonds is 6. The van der Waals surface area contributed by atoms with Crippen molar-refractivity contribution in [3.63, 3.8) is 0 Å². The molecule has 0 saturated heterocycles. The Labute approximate surface area is 160 Å². The third-order valence-electron chi connectivity index (χ3n) is 2.14. The molecular formula is C18H27CoO6. The predicted octanol–water partition coefficient (Wildman–Crippen LogP) is 0.686. The molecule has 6 nitrogen and oxygen atoms in total. The Balaban J connectivity index is -0.000000130. The molecular weight excluding hydrogens is 371 g/mol. The molecule has 0 radical (unpaired) electrons. The Bertz CT molecular complexity index is 418. The largest absolute Gasteiger partial charge is 3.00 e. The Hall–Kier alpha value is -1.86. The summed E-state index contributed by atoms with van der Waals surface area (Å²) in [6, 6.07) is 0. The van der Waals surface area contributed by atoms with Gasteiger partial charge >= 0.3 is 16.8 Å². The molecule has 0 atom stereocenters. The van der Waals surface area contributed by atoms with Gasteiger partial charge in [0.1, 0.15) is 0 Å². The van der Waals surface area contributed by atoms with Gasteiger partial charge in [0.2, 0.25) is 0 Å². The molecule has 0 aliphatic rings. The van der Waals surface area contributed by atoms with Crippen LogP contribution in [0.25, 0.3) is 0 Å². The Kier molecular flexibility index (Phi) is 25.0. The fourth-order valence-corrected chi connectivity index (χ4v) is 0.986. The third-order valence-corrected chi connectivity index (χ3v) is 2.14. The molecule has 0 aromatic rings. The van der Waals surface area contributed by atoms with Crippen molar-refractivity contribution in [1.29, 1.82) is 0 Å².